The number of rotatable bonds is 8. The van der Waals surface area contributed by atoms with Gasteiger partial charge in [-0.1, -0.05) is 36.4 Å². The Bertz CT molecular complexity index is 1210. The molecule has 0 radical (unpaired) electrons. The topological polar surface area (TPSA) is 102 Å². The van der Waals surface area contributed by atoms with Crippen LogP contribution >= 0.6 is 0 Å². The van der Waals surface area contributed by atoms with Gasteiger partial charge in [0.1, 0.15) is 5.75 Å². The van der Waals surface area contributed by atoms with E-state index < -0.39 is 28.5 Å². The van der Waals surface area contributed by atoms with Crippen molar-refractivity contribution >= 4 is 33.3 Å². The molecule has 0 saturated heterocycles. The Kier molecular flexibility index (Phi) is 7.11. The number of nitrogens with zero attached hydrogens (tertiary/aromatic N) is 1. The molecule has 0 atom stereocenters. The smallest absolute Gasteiger partial charge is 0.338 e. The fourth-order valence-electron chi connectivity index (χ4n) is 2.83. The highest BCUT2D eigenvalue weighted by Crippen LogP contribution is 2.26. The van der Waals surface area contributed by atoms with E-state index in [0.717, 1.165) is 0 Å². The lowest BCUT2D eigenvalue weighted by Gasteiger charge is -2.17. The Morgan fingerprint density at radius 2 is 1.62 bits per heavy atom. The predicted molar refractivity (Wildman–Crippen MR) is 120 cm³/mol. The van der Waals surface area contributed by atoms with Crippen molar-refractivity contribution in [3.05, 3.63) is 84.4 Å². The van der Waals surface area contributed by atoms with Crippen LogP contribution in [0.15, 0.2) is 83.8 Å². The second-order valence-electron chi connectivity index (χ2n) is 6.70. The normalized spacial score (nSPS) is 10.8. The molecule has 3 aromatic rings. The lowest BCUT2D eigenvalue weighted by Crippen LogP contribution is -2.31. The van der Waals surface area contributed by atoms with Gasteiger partial charge >= 0.3 is 5.97 Å². The van der Waals surface area contributed by atoms with Gasteiger partial charge in [0.2, 0.25) is 0 Å². The van der Waals surface area contributed by atoms with Gasteiger partial charge in [0, 0.05) is 12.7 Å². The van der Waals surface area contributed by atoms with Crippen LogP contribution in [-0.2, 0) is 19.6 Å². The Balaban J connectivity index is 1.69. The van der Waals surface area contributed by atoms with E-state index in [1.54, 1.807) is 55.6 Å². The van der Waals surface area contributed by atoms with Gasteiger partial charge in [0.15, 0.2) is 6.61 Å². The van der Waals surface area contributed by atoms with Crippen molar-refractivity contribution in [2.24, 2.45) is 0 Å². The van der Waals surface area contributed by atoms with Crippen molar-refractivity contribution in [2.45, 2.75) is 4.90 Å². The quantitative estimate of drug-likeness (QED) is 0.524. The summed E-state index contributed by atoms with van der Waals surface area (Å²) in [5.41, 5.74) is 0.921. The first-order valence-corrected chi connectivity index (χ1v) is 11.0. The molecule has 0 aliphatic carbocycles. The van der Waals surface area contributed by atoms with Crippen LogP contribution in [0.25, 0.3) is 0 Å². The summed E-state index contributed by atoms with van der Waals surface area (Å²) in [7, 11) is -0.993. The average molecular weight is 455 g/mol. The van der Waals surface area contributed by atoms with Crippen molar-refractivity contribution < 1.29 is 27.5 Å². The molecule has 0 heterocycles. The summed E-state index contributed by atoms with van der Waals surface area (Å²) in [6.45, 7) is -0.485. The molecule has 0 bridgehead atoms. The molecule has 0 fully saturated rings. The van der Waals surface area contributed by atoms with Crippen molar-refractivity contribution in [3.63, 3.8) is 0 Å². The number of nitrogens with one attached hydrogen (secondary N) is 1. The third kappa shape index (κ3) is 5.44. The number of sulfonamides is 1. The van der Waals surface area contributed by atoms with Gasteiger partial charge in [-0.25, -0.2) is 13.2 Å². The standard InChI is InChI=1S/C23H22N2O6S/c1-25(18-10-4-3-5-11-18)22(26)16-31-23(27)17-9-8-12-19(15-17)32(28,29)24-20-13-6-7-14-21(20)30-2/h3-15,24H,16H2,1-2H3. The van der Waals surface area contributed by atoms with Gasteiger partial charge in [0.05, 0.1) is 23.3 Å². The lowest BCUT2D eigenvalue weighted by molar-refractivity contribution is -0.121. The fraction of sp³-hybridized carbons (Fsp3) is 0.130. The van der Waals surface area contributed by atoms with Crippen molar-refractivity contribution in [2.75, 3.05) is 30.4 Å². The van der Waals surface area contributed by atoms with Crippen molar-refractivity contribution in [3.8, 4) is 5.75 Å². The summed E-state index contributed by atoms with van der Waals surface area (Å²) in [5, 5.41) is 0. The maximum Gasteiger partial charge on any atom is 0.338 e. The number of carbonyl (C=O) groups is 2. The molecule has 0 aromatic heterocycles. The summed E-state index contributed by atoms with van der Waals surface area (Å²) >= 11 is 0. The highest BCUT2D eigenvalue weighted by molar-refractivity contribution is 7.92. The first kappa shape index (κ1) is 22.8. The van der Waals surface area contributed by atoms with E-state index in [4.69, 9.17) is 9.47 Å². The second-order valence-corrected chi connectivity index (χ2v) is 8.38. The zero-order valence-corrected chi connectivity index (χ0v) is 18.3. The number of hydrogen-bond acceptors (Lipinski definition) is 6. The minimum atomic E-state index is -4.00. The molecule has 1 N–H and O–H groups in total. The van der Waals surface area contributed by atoms with E-state index in [1.165, 1.54) is 36.3 Å². The molecule has 9 heteroatoms. The van der Waals surface area contributed by atoms with Gasteiger partial charge in [-0.3, -0.25) is 9.52 Å². The zero-order chi connectivity index (χ0) is 23.1. The number of hydrogen-bond donors (Lipinski definition) is 1. The number of amides is 1. The monoisotopic (exact) mass is 454 g/mol. The second kappa shape index (κ2) is 9.97. The van der Waals surface area contributed by atoms with Crippen molar-refractivity contribution in [1.82, 2.24) is 0 Å². The number of methoxy groups -OCH3 is 1. The first-order valence-electron chi connectivity index (χ1n) is 9.56. The Hall–Kier alpha value is -3.85. The maximum absolute atomic E-state index is 12.8. The molecule has 32 heavy (non-hydrogen) atoms. The first-order chi connectivity index (χ1) is 15.3. The molecule has 3 rings (SSSR count). The molecule has 0 saturated carbocycles. The number of esters is 1. The predicted octanol–water partition coefficient (Wildman–Crippen LogP) is 3.32. The molecule has 0 unspecified atom stereocenters. The van der Waals surface area contributed by atoms with Gasteiger partial charge in [-0.15, -0.1) is 0 Å². The van der Waals surface area contributed by atoms with Crippen LogP contribution in [0.2, 0.25) is 0 Å². The highest BCUT2D eigenvalue weighted by Gasteiger charge is 2.20. The minimum absolute atomic E-state index is 0.00284. The van der Waals surface area contributed by atoms with E-state index in [9.17, 15) is 18.0 Å². The summed E-state index contributed by atoms with van der Waals surface area (Å²) < 4.78 is 38.2. The molecule has 0 aliphatic heterocycles. The molecule has 8 nitrogen and oxygen atoms in total. The van der Waals surface area contributed by atoms with Crippen molar-refractivity contribution in [1.29, 1.82) is 0 Å². The van der Waals surface area contributed by atoms with Crippen LogP contribution in [0.4, 0.5) is 11.4 Å². The number of anilines is 2. The average Bonchev–Trinajstić information content (AvgIpc) is 2.82. The number of ether oxygens (including phenoxy) is 2. The zero-order valence-electron chi connectivity index (χ0n) is 17.5. The molecule has 0 spiro atoms. The van der Waals surface area contributed by atoms with E-state index in [-0.39, 0.29) is 16.1 Å². The molecular formula is C23H22N2O6S. The number of para-hydroxylation sites is 3. The molecular weight excluding hydrogens is 432 g/mol. The highest BCUT2D eigenvalue weighted by atomic mass is 32.2. The molecule has 1 amide bonds. The van der Waals surface area contributed by atoms with Gasteiger partial charge in [0.25, 0.3) is 15.9 Å². The van der Waals surface area contributed by atoms with Crippen LogP contribution in [-0.4, -0.2) is 41.1 Å². The van der Waals surface area contributed by atoms with Crippen LogP contribution < -0.4 is 14.4 Å². The number of carbonyl (C=O) groups excluding carboxylic acids is 2. The largest absolute Gasteiger partial charge is 0.495 e. The van der Waals surface area contributed by atoms with Crippen LogP contribution in [0.1, 0.15) is 10.4 Å². The molecule has 3 aromatic carbocycles. The Labute approximate surface area is 186 Å². The van der Waals surface area contributed by atoms with E-state index in [1.807, 2.05) is 6.07 Å². The number of benzene rings is 3. The van der Waals surface area contributed by atoms with E-state index in [2.05, 4.69) is 4.72 Å². The molecule has 0 aliphatic rings. The van der Waals surface area contributed by atoms with E-state index in [0.29, 0.717) is 11.4 Å². The SMILES string of the molecule is COc1ccccc1NS(=O)(=O)c1cccc(C(=O)OCC(=O)N(C)c2ccccc2)c1. The summed E-state index contributed by atoms with van der Waals surface area (Å²) in [6, 6.07) is 20.8. The molecule has 166 valence electrons. The van der Waals surface area contributed by atoms with Crippen LogP contribution in [0.3, 0.4) is 0 Å². The summed E-state index contributed by atoms with van der Waals surface area (Å²) in [5.74, 6) is -0.881. The fourth-order valence-corrected chi connectivity index (χ4v) is 3.94. The van der Waals surface area contributed by atoms with E-state index >= 15 is 0 Å². The summed E-state index contributed by atoms with van der Waals surface area (Å²) in [6.07, 6.45) is 0. The summed E-state index contributed by atoms with van der Waals surface area (Å²) in [4.78, 5) is 26.0. The maximum atomic E-state index is 12.8. The Morgan fingerprint density at radius 1 is 0.938 bits per heavy atom. The van der Waals surface area contributed by atoms with Gasteiger partial charge in [-0.2, -0.15) is 0 Å². The minimum Gasteiger partial charge on any atom is -0.495 e. The number of likely N-dealkylation sites (N-methyl/N-ethyl adjacent to an activating group) is 1. The van der Waals surface area contributed by atoms with Gasteiger partial charge < -0.3 is 14.4 Å². The van der Waals surface area contributed by atoms with Crippen LogP contribution in [0.5, 0.6) is 5.75 Å². The third-order valence-electron chi connectivity index (χ3n) is 4.58. The van der Waals surface area contributed by atoms with Crippen LogP contribution in [0, 0.1) is 0 Å². The Morgan fingerprint density at radius 3 is 2.34 bits per heavy atom. The third-order valence-corrected chi connectivity index (χ3v) is 5.94. The lowest BCUT2D eigenvalue weighted by atomic mass is 10.2. The van der Waals surface area contributed by atoms with Gasteiger partial charge in [-0.05, 0) is 42.5 Å².